The van der Waals surface area contributed by atoms with Gasteiger partial charge in [0.25, 0.3) is 0 Å². The molecule has 0 bridgehead atoms. The van der Waals surface area contributed by atoms with Crippen molar-refractivity contribution in [3.8, 4) is 22.8 Å². The monoisotopic (exact) mass is 257 g/mol. The van der Waals surface area contributed by atoms with Gasteiger partial charge in [0.15, 0.2) is 11.6 Å². The van der Waals surface area contributed by atoms with Crippen LogP contribution in [0.25, 0.3) is 11.3 Å². The van der Waals surface area contributed by atoms with Gasteiger partial charge >= 0.3 is 0 Å². The van der Waals surface area contributed by atoms with Gasteiger partial charge in [0.2, 0.25) is 0 Å². The van der Waals surface area contributed by atoms with E-state index in [4.69, 9.17) is 15.2 Å². The second-order valence-electron chi connectivity index (χ2n) is 4.49. The molecule has 0 aliphatic heterocycles. The number of nitrogens with two attached hydrogens (primary N) is 1. The topological polar surface area (TPSA) is 70.3 Å². The fourth-order valence-corrected chi connectivity index (χ4v) is 1.89. The van der Waals surface area contributed by atoms with Crippen LogP contribution in [-0.2, 0) is 0 Å². The Balaban J connectivity index is 1.98. The van der Waals surface area contributed by atoms with Crippen LogP contribution in [0.4, 0.5) is 5.82 Å². The lowest BCUT2D eigenvalue weighted by molar-refractivity contribution is 0.303. The number of ether oxygens (including phenoxy) is 2. The average molecular weight is 257 g/mol. The lowest BCUT2D eigenvalue weighted by Crippen LogP contribution is -2.00. The summed E-state index contributed by atoms with van der Waals surface area (Å²) >= 11 is 0. The summed E-state index contributed by atoms with van der Waals surface area (Å²) in [4.78, 5) is 8.17. The number of aromatic nitrogens is 2. The standard InChI is InChI=1S/C14H15N3O2/c1-18-13-12(16-8-17-14(13)15)9-3-2-4-11(7-9)19-10-5-6-10/h2-4,7-8,10H,5-6H2,1H3,(H2,15,16,17). The molecule has 1 heterocycles. The zero-order valence-corrected chi connectivity index (χ0v) is 10.7. The third kappa shape index (κ3) is 2.45. The molecule has 0 unspecified atom stereocenters. The maximum atomic E-state index is 5.79. The quantitative estimate of drug-likeness (QED) is 0.909. The Morgan fingerprint density at radius 3 is 2.84 bits per heavy atom. The van der Waals surface area contributed by atoms with E-state index in [0.29, 0.717) is 23.4 Å². The van der Waals surface area contributed by atoms with E-state index in [1.54, 1.807) is 7.11 Å². The predicted octanol–water partition coefficient (Wildman–Crippen LogP) is 2.28. The van der Waals surface area contributed by atoms with Crippen LogP contribution in [0.3, 0.4) is 0 Å². The highest BCUT2D eigenvalue weighted by Gasteiger charge is 2.23. The van der Waals surface area contributed by atoms with E-state index in [1.165, 1.54) is 6.33 Å². The molecule has 5 nitrogen and oxygen atoms in total. The molecular formula is C14H15N3O2. The van der Waals surface area contributed by atoms with Crippen LogP contribution in [0.1, 0.15) is 12.8 Å². The smallest absolute Gasteiger partial charge is 0.187 e. The highest BCUT2D eigenvalue weighted by molar-refractivity contribution is 5.72. The second kappa shape index (κ2) is 4.76. The number of hydrogen-bond donors (Lipinski definition) is 1. The van der Waals surface area contributed by atoms with Crippen molar-refractivity contribution in [2.45, 2.75) is 18.9 Å². The van der Waals surface area contributed by atoms with Gasteiger partial charge in [0, 0.05) is 5.56 Å². The highest BCUT2D eigenvalue weighted by Crippen LogP contribution is 2.34. The predicted molar refractivity (Wildman–Crippen MR) is 72.1 cm³/mol. The molecule has 5 heteroatoms. The Bertz CT molecular complexity index is 597. The lowest BCUT2D eigenvalue weighted by Gasteiger charge is -2.10. The van der Waals surface area contributed by atoms with E-state index < -0.39 is 0 Å². The number of nitrogen functional groups attached to an aromatic ring is 1. The Hall–Kier alpha value is -2.30. The van der Waals surface area contributed by atoms with Gasteiger partial charge < -0.3 is 15.2 Å². The minimum Gasteiger partial charge on any atom is -0.491 e. The molecule has 1 saturated carbocycles. The van der Waals surface area contributed by atoms with Gasteiger partial charge in [0.1, 0.15) is 17.8 Å². The van der Waals surface area contributed by atoms with Crippen LogP contribution in [0, 0.1) is 0 Å². The van der Waals surface area contributed by atoms with E-state index >= 15 is 0 Å². The first kappa shape index (κ1) is 11.8. The summed E-state index contributed by atoms with van der Waals surface area (Å²) in [7, 11) is 1.56. The first-order valence-corrected chi connectivity index (χ1v) is 6.19. The van der Waals surface area contributed by atoms with Crippen molar-refractivity contribution < 1.29 is 9.47 Å². The summed E-state index contributed by atoms with van der Waals surface area (Å²) in [5.41, 5.74) is 7.37. The molecule has 0 spiro atoms. The zero-order chi connectivity index (χ0) is 13.2. The van der Waals surface area contributed by atoms with Gasteiger partial charge in [-0.3, -0.25) is 0 Å². The zero-order valence-electron chi connectivity index (χ0n) is 10.7. The van der Waals surface area contributed by atoms with Gasteiger partial charge in [-0.2, -0.15) is 0 Å². The second-order valence-corrected chi connectivity index (χ2v) is 4.49. The number of nitrogens with zero attached hydrogens (tertiary/aromatic N) is 2. The molecule has 1 aromatic carbocycles. The number of methoxy groups -OCH3 is 1. The van der Waals surface area contributed by atoms with E-state index in [0.717, 1.165) is 24.2 Å². The number of anilines is 1. The largest absolute Gasteiger partial charge is 0.491 e. The average Bonchev–Trinajstić information content (AvgIpc) is 3.23. The molecule has 1 fully saturated rings. The molecule has 2 N–H and O–H groups in total. The first-order chi connectivity index (χ1) is 9.28. The first-order valence-electron chi connectivity index (χ1n) is 6.19. The minimum absolute atomic E-state index is 0.334. The maximum absolute atomic E-state index is 5.79. The van der Waals surface area contributed by atoms with Crippen LogP contribution >= 0.6 is 0 Å². The van der Waals surface area contributed by atoms with Crippen molar-refractivity contribution in [2.24, 2.45) is 0 Å². The van der Waals surface area contributed by atoms with E-state index in [-0.39, 0.29) is 0 Å². The molecule has 0 atom stereocenters. The summed E-state index contributed by atoms with van der Waals surface area (Å²) in [6, 6.07) is 7.77. The molecule has 3 rings (SSSR count). The molecule has 1 aromatic heterocycles. The molecule has 0 saturated heterocycles. The van der Waals surface area contributed by atoms with Gasteiger partial charge in [-0.15, -0.1) is 0 Å². The van der Waals surface area contributed by atoms with Crippen molar-refractivity contribution in [3.05, 3.63) is 30.6 Å². The van der Waals surface area contributed by atoms with E-state index in [1.807, 2.05) is 24.3 Å². The minimum atomic E-state index is 0.334. The van der Waals surface area contributed by atoms with Crippen LogP contribution in [-0.4, -0.2) is 23.2 Å². The van der Waals surface area contributed by atoms with Crippen LogP contribution < -0.4 is 15.2 Å². The fourth-order valence-electron chi connectivity index (χ4n) is 1.89. The summed E-state index contributed by atoms with van der Waals surface area (Å²) < 4.78 is 11.0. The molecular weight excluding hydrogens is 242 g/mol. The normalized spacial score (nSPS) is 14.2. The molecule has 1 aliphatic rings. The summed E-state index contributed by atoms with van der Waals surface area (Å²) in [6.07, 6.45) is 4.07. The van der Waals surface area contributed by atoms with Gasteiger partial charge in [0.05, 0.1) is 13.2 Å². The van der Waals surface area contributed by atoms with Crippen molar-refractivity contribution in [2.75, 3.05) is 12.8 Å². The van der Waals surface area contributed by atoms with Crippen molar-refractivity contribution in [1.29, 1.82) is 0 Å². The third-order valence-corrected chi connectivity index (χ3v) is 2.97. The number of benzene rings is 1. The van der Waals surface area contributed by atoms with Gasteiger partial charge in [-0.1, -0.05) is 12.1 Å². The molecule has 0 radical (unpaired) electrons. The summed E-state index contributed by atoms with van der Waals surface area (Å²) in [5, 5.41) is 0. The van der Waals surface area contributed by atoms with E-state index in [9.17, 15) is 0 Å². The van der Waals surface area contributed by atoms with Crippen LogP contribution in [0.5, 0.6) is 11.5 Å². The molecule has 98 valence electrons. The van der Waals surface area contributed by atoms with Crippen LogP contribution in [0.2, 0.25) is 0 Å². The highest BCUT2D eigenvalue weighted by atomic mass is 16.5. The summed E-state index contributed by atoms with van der Waals surface area (Å²) in [6.45, 7) is 0. The summed E-state index contributed by atoms with van der Waals surface area (Å²) in [5.74, 6) is 1.67. The lowest BCUT2D eigenvalue weighted by atomic mass is 10.1. The Kier molecular flexibility index (Phi) is 2.95. The van der Waals surface area contributed by atoms with E-state index in [2.05, 4.69) is 9.97 Å². The molecule has 19 heavy (non-hydrogen) atoms. The Morgan fingerprint density at radius 2 is 2.11 bits per heavy atom. The molecule has 1 aliphatic carbocycles. The Morgan fingerprint density at radius 1 is 1.26 bits per heavy atom. The SMILES string of the molecule is COc1c(N)ncnc1-c1cccc(OC2CC2)c1. The van der Waals surface area contributed by atoms with Crippen LogP contribution in [0.15, 0.2) is 30.6 Å². The number of hydrogen-bond acceptors (Lipinski definition) is 5. The van der Waals surface area contributed by atoms with Gasteiger partial charge in [-0.05, 0) is 25.0 Å². The molecule has 0 amide bonds. The fraction of sp³-hybridized carbons (Fsp3) is 0.286. The van der Waals surface area contributed by atoms with Crippen molar-refractivity contribution in [3.63, 3.8) is 0 Å². The third-order valence-electron chi connectivity index (χ3n) is 2.97. The number of rotatable bonds is 4. The van der Waals surface area contributed by atoms with Crippen molar-refractivity contribution in [1.82, 2.24) is 9.97 Å². The van der Waals surface area contributed by atoms with Crippen molar-refractivity contribution >= 4 is 5.82 Å². The Labute approximate surface area is 111 Å². The maximum Gasteiger partial charge on any atom is 0.187 e. The van der Waals surface area contributed by atoms with Gasteiger partial charge in [-0.25, -0.2) is 9.97 Å². The molecule has 2 aromatic rings.